The van der Waals surface area contributed by atoms with Crippen molar-refractivity contribution in [1.82, 2.24) is 5.32 Å². The van der Waals surface area contributed by atoms with E-state index in [2.05, 4.69) is 19.2 Å². The van der Waals surface area contributed by atoms with Gasteiger partial charge >= 0.3 is 5.97 Å². The van der Waals surface area contributed by atoms with Crippen molar-refractivity contribution in [3.05, 3.63) is 0 Å². The number of hydrogen-bond donors (Lipinski definition) is 1. The Morgan fingerprint density at radius 3 is 2.45 bits per heavy atom. The predicted octanol–water partition coefficient (Wildman–Crippen LogP) is 4.06. The summed E-state index contributed by atoms with van der Waals surface area (Å²) in [5, 5.41) is 3.35. The summed E-state index contributed by atoms with van der Waals surface area (Å²) in [6.07, 6.45) is 9.93. The van der Waals surface area contributed by atoms with Crippen molar-refractivity contribution in [3.63, 3.8) is 0 Å². The zero-order chi connectivity index (χ0) is 14.8. The molecule has 1 aliphatic heterocycles. The van der Waals surface area contributed by atoms with E-state index in [1.165, 1.54) is 25.7 Å². The molecule has 0 amide bonds. The minimum atomic E-state index is -0.211. The summed E-state index contributed by atoms with van der Waals surface area (Å²) in [4.78, 5) is 12.6. The molecule has 0 bridgehead atoms. The van der Waals surface area contributed by atoms with E-state index in [-0.39, 0.29) is 17.5 Å². The predicted molar refractivity (Wildman–Crippen MR) is 83.8 cm³/mol. The Morgan fingerprint density at radius 2 is 1.85 bits per heavy atom. The Kier molecular flexibility index (Phi) is 8.20. The van der Waals surface area contributed by atoms with Crippen molar-refractivity contribution in [3.8, 4) is 0 Å². The molecule has 1 rings (SSSR count). The minimum Gasteiger partial charge on any atom is -0.462 e. The molecule has 1 fully saturated rings. The molecule has 0 aromatic carbocycles. The van der Waals surface area contributed by atoms with Crippen LogP contribution in [0.2, 0.25) is 0 Å². The number of carbonyl (C=O) groups is 1. The number of rotatable bonds is 9. The quantitative estimate of drug-likeness (QED) is 0.512. The van der Waals surface area contributed by atoms with Crippen LogP contribution in [0.3, 0.4) is 0 Å². The van der Waals surface area contributed by atoms with Crippen molar-refractivity contribution in [2.24, 2.45) is 5.41 Å². The first-order valence-electron chi connectivity index (χ1n) is 8.56. The number of carbonyl (C=O) groups excluding carboxylic acids is 1. The van der Waals surface area contributed by atoms with E-state index >= 15 is 0 Å². The molecule has 1 unspecified atom stereocenters. The maximum Gasteiger partial charge on any atom is 0.312 e. The molecule has 3 nitrogen and oxygen atoms in total. The lowest BCUT2D eigenvalue weighted by Gasteiger charge is -2.36. The first kappa shape index (κ1) is 17.5. The summed E-state index contributed by atoms with van der Waals surface area (Å²) >= 11 is 0. The number of hydrogen-bond acceptors (Lipinski definition) is 3. The molecule has 1 N–H and O–H groups in total. The molecule has 20 heavy (non-hydrogen) atoms. The summed E-state index contributed by atoms with van der Waals surface area (Å²) in [6.45, 7) is 8.31. The first-order valence-corrected chi connectivity index (χ1v) is 8.56. The summed E-state index contributed by atoms with van der Waals surface area (Å²) in [6, 6.07) is 0. The van der Waals surface area contributed by atoms with Gasteiger partial charge in [0.15, 0.2) is 0 Å². The zero-order valence-corrected chi connectivity index (χ0v) is 13.7. The third-order valence-electron chi connectivity index (χ3n) is 4.49. The average molecular weight is 283 g/mol. The van der Waals surface area contributed by atoms with Gasteiger partial charge in [-0.25, -0.2) is 0 Å². The van der Waals surface area contributed by atoms with Gasteiger partial charge in [-0.1, -0.05) is 39.5 Å². The number of unbranched alkanes of at least 4 members (excludes halogenated alkanes) is 3. The molecule has 1 saturated heterocycles. The molecular formula is C17H33NO2. The van der Waals surface area contributed by atoms with Crippen LogP contribution in [0.15, 0.2) is 0 Å². The highest BCUT2D eigenvalue weighted by molar-refractivity contribution is 5.77. The second-order valence-electron chi connectivity index (χ2n) is 6.35. The average Bonchev–Trinajstić information content (AvgIpc) is 2.45. The highest BCUT2D eigenvalue weighted by Gasteiger charge is 2.40. The van der Waals surface area contributed by atoms with Crippen molar-refractivity contribution >= 4 is 5.97 Å². The van der Waals surface area contributed by atoms with Gasteiger partial charge in [-0.15, -0.1) is 0 Å². The summed E-state index contributed by atoms with van der Waals surface area (Å²) < 4.78 is 5.76. The van der Waals surface area contributed by atoms with Gasteiger partial charge in [0.25, 0.3) is 0 Å². The number of nitrogens with one attached hydrogen (secondary N) is 1. The second kappa shape index (κ2) is 9.38. The fourth-order valence-corrected chi connectivity index (χ4v) is 3.17. The third-order valence-corrected chi connectivity index (χ3v) is 4.49. The Balaban J connectivity index is 2.41. The maximum absolute atomic E-state index is 12.6. The zero-order valence-electron chi connectivity index (χ0n) is 13.7. The number of esters is 1. The molecule has 1 atom stereocenters. The normalized spacial score (nSPS) is 19.6. The molecule has 0 aliphatic carbocycles. The smallest absolute Gasteiger partial charge is 0.312 e. The molecule has 0 radical (unpaired) electrons. The maximum atomic E-state index is 12.6. The molecule has 0 aromatic rings. The van der Waals surface area contributed by atoms with E-state index in [1.54, 1.807) is 0 Å². The van der Waals surface area contributed by atoms with Gasteiger partial charge in [0.2, 0.25) is 0 Å². The van der Waals surface area contributed by atoms with Crippen LogP contribution in [0.5, 0.6) is 0 Å². The van der Waals surface area contributed by atoms with Crippen molar-refractivity contribution < 1.29 is 9.53 Å². The van der Waals surface area contributed by atoms with Gasteiger partial charge < -0.3 is 10.1 Å². The van der Waals surface area contributed by atoms with Crippen LogP contribution in [-0.4, -0.2) is 25.2 Å². The lowest BCUT2D eigenvalue weighted by molar-refractivity contribution is -0.163. The number of piperidine rings is 1. The summed E-state index contributed by atoms with van der Waals surface area (Å²) in [5.74, 6) is 0.0591. The van der Waals surface area contributed by atoms with E-state index in [4.69, 9.17) is 4.74 Å². The van der Waals surface area contributed by atoms with Gasteiger partial charge in [0, 0.05) is 0 Å². The van der Waals surface area contributed by atoms with Crippen LogP contribution in [0.25, 0.3) is 0 Å². The van der Waals surface area contributed by atoms with Crippen molar-refractivity contribution in [2.45, 2.75) is 84.7 Å². The van der Waals surface area contributed by atoms with E-state index < -0.39 is 0 Å². The van der Waals surface area contributed by atoms with Crippen molar-refractivity contribution in [2.75, 3.05) is 13.1 Å². The largest absolute Gasteiger partial charge is 0.462 e. The third kappa shape index (κ3) is 5.43. The topological polar surface area (TPSA) is 38.3 Å². The molecular weight excluding hydrogens is 250 g/mol. The van der Waals surface area contributed by atoms with E-state index in [0.29, 0.717) is 0 Å². The van der Waals surface area contributed by atoms with Crippen molar-refractivity contribution in [1.29, 1.82) is 0 Å². The van der Waals surface area contributed by atoms with Gasteiger partial charge in [-0.2, -0.15) is 0 Å². The molecule has 1 aliphatic rings. The van der Waals surface area contributed by atoms with Crippen LogP contribution in [-0.2, 0) is 9.53 Å². The van der Waals surface area contributed by atoms with Crippen LogP contribution in [0.1, 0.15) is 78.6 Å². The summed E-state index contributed by atoms with van der Waals surface area (Å²) in [5.41, 5.74) is -0.211. The van der Waals surface area contributed by atoms with Crippen LogP contribution >= 0.6 is 0 Å². The lowest BCUT2D eigenvalue weighted by Crippen LogP contribution is -2.43. The van der Waals surface area contributed by atoms with Gasteiger partial charge in [0.1, 0.15) is 0 Å². The van der Waals surface area contributed by atoms with Crippen LogP contribution in [0, 0.1) is 5.41 Å². The lowest BCUT2D eigenvalue weighted by atomic mass is 9.75. The first-order chi connectivity index (χ1) is 9.64. The van der Waals surface area contributed by atoms with E-state index in [1.807, 2.05) is 6.92 Å². The monoisotopic (exact) mass is 283 g/mol. The van der Waals surface area contributed by atoms with Gasteiger partial charge in [0.05, 0.1) is 11.5 Å². The van der Waals surface area contributed by atoms with E-state index in [0.717, 1.165) is 45.2 Å². The number of ether oxygens (including phenoxy) is 1. The molecule has 0 saturated carbocycles. The standard InChI is InChI=1S/C17H33NO2/c1-4-6-7-8-9-15(3)20-16(19)17(10-5-2)11-13-18-14-12-17/h15,18H,4-14H2,1-3H3. The Morgan fingerprint density at radius 1 is 1.15 bits per heavy atom. The van der Waals surface area contributed by atoms with Gasteiger partial charge in [-0.05, 0) is 52.1 Å². The highest BCUT2D eigenvalue weighted by Crippen LogP contribution is 2.36. The Bertz CT molecular complexity index is 267. The fourth-order valence-electron chi connectivity index (χ4n) is 3.17. The Hall–Kier alpha value is -0.570. The molecule has 3 heteroatoms. The molecule has 118 valence electrons. The van der Waals surface area contributed by atoms with Crippen LogP contribution < -0.4 is 5.32 Å². The van der Waals surface area contributed by atoms with Crippen LogP contribution in [0.4, 0.5) is 0 Å². The second-order valence-corrected chi connectivity index (χ2v) is 6.35. The minimum absolute atomic E-state index is 0.0591. The van der Waals surface area contributed by atoms with Gasteiger partial charge in [-0.3, -0.25) is 4.79 Å². The SMILES string of the molecule is CCCCCCC(C)OC(=O)C1(CCC)CCNCC1. The summed E-state index contributed by atoms with van der Waals surface area (Å²) in [7, 11) is 0. The fraction of sp³-hybridized carbons (Fsp3) is 0.941. The molecule has 0 aromatic heterocycles. The molecule has 1 heterocycles. The highest BCUT2D eigenvalue weighted by atomic mass is 16.5. The van der Waals surface area contributed by atoms with E-state index in [9.17, 15) is 4.79 Å². The molecule has 0 spiro atoms. The Labute approximate surface area is 124 Å².